The van der Waals surface area contributed by atoms with E-state index < -0.39 is 0 Å². The quantitative estimate of drug-likeness (QED) is 0.296. The third-order valence-electron chi connectivity index (χ3n) is 7.73. The number of benzene rings is 2. The first-order valence-corrected chi connectivity index (χ1v) is 13.6. The number of rotatable bonds is 12. The van der Waals surface area contributed by atoms with Crippen molar-refractivity contribution in [3.8, 4) is 11.1 Å². The molecule has 0 amide bonds. The molecule has 0 spiro atoms. The van der Waals surface area contributed by atoms with Crippen molar-refractivity contribution in [2.24, 2.45) is 17.8 Å². The van der Waals surface area contributed by atoms with Crippen molar-refractivity contribution in [3.05, 3.63) is 58.7 Å². The van der Waals surface area contributed by atoms with Crippen molar-refractivity contribution in [3.63, 3.8) is 0 Å². The molecule has 0 aliphatic heterocycles. The first kappa shape index (κ1) is 27.0. The monoisotopic (exact) mass is 474 g/mol. The minimum Gasteiger partial charge on any atom is -0.300 e. The van der Waals surface area contributed by atoms with Gasteiger partial charge >= 0.3 is 0 Å². The molecule has 2 aromatic rings. The molecule has 0 aromatic heterocycles. The summed E-state index contributed by atoms with van der Waals surface area (Å²) >= 11 is 0. The van der Waals surface area contributed by atoms with E-state index in [-0.39, 0.29) is 41.5 Å². The number of aryl methyl sites for hydroxylation is 2. The molecular formula is C32H42O3. The van der Waals surface area contributed by atoms with Gasteiger partial charge < -0.3 is 0 Å². The van der Waals surface area contributed by atoms with Crippen molar-refractivity contribution >= 4 is 17.3 Å². The van der Waals surface area contributed by atoms with Gasteiger partial charge in [-0.3, -0.25) is 14.4 Å². The Morgan fingerprint density at radius 1 is 0.971 bits per heavy atom. The third-order valence-corrected chi connectivity index (χ3v) is 7.73. The molecular weight excluding hydrogens is 432 g/mol. The smallest absolute Gasteiger partial charge is 0.163 e. The molecule has 0 saturated carbocycles. The van der Waals surface area contributed by atoms with Crippen molar-refractivity contribution in [1.29, 1.82) is 0 Å². The van der Waals surface area contributed by atoms with Crippen LogP contribution < -0.4 is 0 Å². The van der Waals surface area contributed by atoms with Crippen molar-refractivity contribution in [1.82, 2.24) is 0 Å². The summed E-state index contributed by atoms with van der Waals surface area (Å²) in [5, 5.41) is 0. The molecule has 3 heteroatoms. The van der Waals surface area contributed by atoms with Crippen LogP contribution in [0.3, 0.4) is 0 Å². The summed E-state index contributed by atoms with van der Waals surface area (Å²) in [4.78, 5) is 38.0. The van der Waals surface area contributed by atoms with Crippen molar-refractivity contribution in [2.75, 3.05) is 0 Å². The SMILES string of the molecule is CCCc1ccccc1-c1ccc(C)c2c1CC(CC(CCC)C(CC)C(=O)CC(C)=O)CC2=O. The van der Waals surface area contributed by atoms with Crippen LogP contribution in [0.15, 0.2) is 36.4 Å². The maximum Gasteiger partial charge on any atom is 0.163 e. The molecule has 0 radical (unpaired) electrons. The lowest BCUT2D eigenvalue weighted by atomic mass is 9.71. The van der Waals surface area contributed by atoms with Crippen LogP contribution in [0.25, 0.3) is 11.1 Å². The summed E-state index contributed by atoms with van der Waals surface area (Å²) in [5.74, 6) is 0.600. The Bertz CT molecular complexity index is 1060. The summed E-state index contributed by atoms with van der Waals surface area (Å²) < 4.78 is 0. The molecule has 0 heterocycles. The molecule has 3 atom stereocenters. The van der Waals surface area contributed by atoms with Gasteiger partial charge in [-0.2, -0.15) is 0 Å². The van der Waals surface area contributed by atoms with Gasteiger partial charge in [-0.15, -0.1) is 0 Å². The zero-order valence-corrected chi connectivity index (χ0v) is 22.3. The molecule has 2 aromatic carbocycles. The largest absolute Gasteiger partial charge is 0.300 e. The van der Waals surface area contributed by atoms with Gasteiger partial charge in [-0.1, -0.05) is 76.4 Å². The summed E-state index contributed by atoms with van der Waals surface area (Å²) in [6.07, 6.45) is 7.13. The second-order valence-corrected chi connectivity index (χ2v) is 10.5. The molecule has 3 unspecified atom stereocenters. The molecule has 0 N–H and O–H groups in total. The van der Waals surface area contributed by atoms with Crippen molar-refractivity contribution < 1.29 is 14.4 Å². The second kappa shape index (κ2) is 12.4. The second-order valence-electron chi connectivity index (χ2n) is 10.5. The Kier molecular flexibility index (Phi) is 9.60. The minimum atomic E-state index is -0.0994. The zero-order valence-electron chi connectivity index (χ0n) is 22.3. The van der Waals surface area contributed by atoms with Crippen LogP contribution >= 0.6 is 0 Å². The highest BCUT2D eigenvalue weighted by Crippen LogP contribution is 2.40. The van der Waals surface area contributed by atoms with E-state index in [4.69, 9.17) is 0 Å². The summed E-state index contributed by atoms with van der Waals surface area (Å²) in [5.41, 5.74) is 6.94. The molecule has 0 bridgehead atoms. The highest BCUT2D eigenvalue weighted by atomic mass is 16.1. The van der Waals surface area contributed by atoms with Gasteiger partial charge in [0.1, 0.15) is 11.6 Å². The predicted octanol–water partition coefficient (Wildman–Crippen LogP) is 7.74. The number of hydrogen-bond donors (Lipinski definition) is 0. The Balaban J connectivity index is 1.96. The van der Waals surface area contributed by atoms with E-state index in [0.717, 1.165) is 56.1 Å². The average molecular weight is 475 g/mol. The molecule has 3 nitrogen and oxygen atoms in total. The summed E-state index contributed by atoms with van der Waals surface area (Å²) in [6, 6.07) is 12.9. The van der Waals surface area contributed by atoms with Crippen molar-refractivity contribution in [2.45, 2.75) is 92.4 Å². The highest BCUT2D eigenvalue weighted by Gasteiger charge is 2.34. The maximum atomic E-state index is 13.5. The Morgan fingerprint density at radius 3 is 2.37 bits per heavy atom. The van der Waals surface area contributed by atoms with E-state index in [9.17, 15) is 14.4 Å². The van der Waals surface area contributed by atoms with Crippen LogP contribution in [-0.2, 0) is 22.4 Å². The first-order chi connectivity index (χ1) is 16.8. The van der Waals surface area contributed by atoms with Crippen LogP contribution in [-0.4, -0.2) is 17.3 Å². The molecule has 3 rings (SSSR count). The Hall–Kier alpha value is -2.55. The van der Waals surface area contributed by atoms with Crippen LogP contribution in [0, 0.1) is 24.7 Å². The van der Waals surface area contributed by atoms with Gasteiger partial charge in [0, 0.05) is 17.9 Å². The molecule has 1 aliphatic rings. The fraction of sp³-hybridized carbons (Fsp3) is 0.531. The fourth-order valence-electron chi connectivity index (χ4n) is 6.26. The Labute approximate surface area is 211 Å². The number of ketones is 3. The average Bonchev–Trinajstić information content (AvgIpc) is 2.80. The van der Waals surface area contributed by atoms with Gasteiger partial charge in [0.15, 0.2) is 5.78 Å². The lowest BCUT2D eigenvalue weighted by molar-refractivity contribution is -0.129. The number of Topliss-reactive ketones (excluding diaryl/α,β-unsaturated/α-hetero) is 3. The van der Waals surface area contributed by atoms with Crippen LogP contribution in [0.2, 0.25) is 0 Å². The maximum absolute atomic E-state index is 13.5. The third kappa shape index (κ3) is 6.37. The van der Waals surface area contributed by atoms with Gasteiger partial charge in [-0.05, 0) is 79.2 Å². The normalized spacial score (nSPS) is 17.1. The van der Waals surface area contributed by atoms with Crippen LogP contribution in [0.4, 0.5) is 0 Å². The van der Waals surface area contributed by atoms with Gasteiger partial charge in [-0.25, -0.2) is 0 Å². The molecule has 35 heavy (non-hydrogen) atoms. The van der Waals surface area contributed by atoms with E-state index in [0.29, 0.717) is 6.42 Å². The van der Waals surface area contributed by atoms with Gasteiger partial charge in [0.2, 0.25) is 0 Å². The summed E-state index contributed by atoms with van der Waals surface area (Å²) in [7, 11) is 0. The highest BCUT2D eigenvalue weighted by molar-refractivity contribution is 6.02. The number of fused-ring (bicyclic) bond motifs is 1. The number of carbonyl (C=O) groups is 3. The van der Waals surface area contributed by atoms with E-state index in [1.165, 1.54) is 29.2 Å². The van der Waals surface area contributed by atoms with E-state index >= 15 is 0 Å². The predicted molar refractivity (Wildman–Crippen MR) is 144 cm³/mol. The number of hydrogen-bond acceptors (Lipinski definition) is 3. The van der Waals surface area contributed by atoms with E-state index in [1.54, 1.807) is 0 Å². The lowest BCUT2D eigenvalue weighted by Gasteiger charge is -2.32. The van der Waals surface area contributed by atoms with E-state index in [2.05, 4.69) is 57.2 Å². The number of carbonyl (C=O) groups excluding carboxylic acids is 3. The lowest BCUT2D eigenvalue weighted by Crippen LogP contribution is -2.30. The van der Waals surface area contributed by atoms with E-state index in [1.807, 2.05) is 6.92 Å². The van der Waals surface area contributed by atoms with Gasteiger partial charge in [0.25, 0.3) is 0 Å². The van der Waals surface area contributed by atoms with Gasteiger partial charge in [0.05, 0.1) is 6.42 Å². The molecule has 0 saturated heterocycles. The fourth-order valence-corrected chi connectivity index (χ4v) is 6.26. The Morgan fingerprint density at radius 2 is 1.71 bits per heavy atom. The molecule has 188 valence electrons. The molecule has 1 aliphatic carbocycles. The van der Waals surface area contributed by atoms with Crippen LogP contribution in [0.1, 0.15) is 99.7 Å². The van der Waals surface area contributed by atoms with Crippen LogP contribution in [0.5, 0.6) is 0 Å². The topological polar surface area (TPSA) is 51.2 Å². The summed E-state index contributed by atoms with van der Waals surface area (Å²) in [6.45, 7) is 9.95. The zero-order chi connectivity index (χ0) is 25.5. The standard InChI is InChI=1S/C32H42O3/c1-6-11-24-13-9-10-14-27(24)28-16-15-21(4)32-29(28)19-23(20-31(32)35)18-25(12-7-2)26(8-3)30(34)17-22(5)33/h9-10,13-16,23,25-26H,6-8,11-12,17-20H2,1-5H3. The first-order valence-electron chi connectivity index (χ1n) is 13.6. The minimum absolute atomic E-state index is 0.0305. The molecule has 0 fully saturated rings.